The molecule has 0 aromatic heterocycles. The van der Waals surface area contributed by atoms with Crippen LogP contribution in [0, 0.1) is 6.92 Å². The molecular formula is C10H12BrClO3S. The molecule has 3 nitrogen and oxygen atoms in total. The van der Waals surface area contributed by atoms with Crippen LogP contribution in [-0.4, -0.2) is 22.9 Å². The summed E-state index contributed by atoms with van der Waals surface area (Å²) in [5.41, 5.74) is 1.27. The molecule has 0 amide bonds. The van der Waals surface area contributed by atoms with Crippen LogP contribution in [0.3, 0.4) is 0 Å². The van der Waals surface area contributed by atoms with Crippen LogP contribution >= 0.6 is 27.5 Å². The van der Waals surface area contributed by atoms with Crippen LogP contribution in [0.2, 0.25) is 0 Å². The van der Waals surface area contributed by atoms with Crippen molar-refractivity contribution < 1.29 is 13.5 Å². The van der Waals surface area contributed by atoms with E-state index in [1.807, 2.05) is 0 Å². The zero-order chi connectivity index (χ0) is 12.6. The predicted molar refractivity (Wildman–Crippen MR) is 68.5 cm³/mol. The van der Waals surface area contributed by atoms with Crippen LogP contribution < -0.4 is 0 Å². The minimum atomic E-state index is -3.63. The molecule has 16 heavy (non-hydrogen) atoms. The van der Waals surface area contributed by atoms with Crippen molar-refractivity contribution in [1.82, 2.24) is 0 Å². The minimum absolute atomic E-state index is 0.486. The second-order valence-corrected chi connectivity index (χ2v) is 8.83. The van der Waals surface area contributed by atoms with Crippen molar-refractivity contribution in [3.63, 3.8) is 0 Å². The van der Waals surface area contributed by atoms with Gasteiger partial charge >= 0.3 is 0 Å². The maximum Gasteiger partial charge on any atom is 0.228 e. The summed E-state index contributed by atoms with van der Waals surface area (Å²) in [4.78, 5) is 0. The maximum atomic E-state index is 11.4. The molecule has 0 aliphatic heterocycles. The number of halogens is 2. The Morgan fingerprint density at radius 3 is 2.38 bits per heavy atom. The van der Waals surface area contributed by atoms with Gasteiger partial charge in [-0.3, -0.25) is 0 Å². The average Bonchev–Trinajstić information content (AvgIpc) is 2.15. The molecule has 0 bridgehead atoms. The van der Waals surface area contributed by atoms with Gasteiger partial charge < -0.3 is 5.11 Å². The number of hydrogen-bond donors (Lipinski definition) is 1. The van der Waals surface area contributed by atoms with Gasteiger partial charge in [-0.25, -0.2) is 8.42 Å². The molecule has 1 rings (SSSR count). The molecule has 0 radical (unpaired) electrons. The molecule has 0 heterocycles. The summed E-state index contributed by atoms with van der Waals surface area (Å²) in [6.07, 6.45) is -0.360. The molecule has 2 unspecified atom stereocenters. The minimum Gasteiger partial charge on any atom is -0.385 e. The third kappa shape index (κ3) is 2.59. The third-order valence-corrected chi connectivity index (χ3v) is 6.75. The lowest BCUT2D eigenvalue weighted by molar-refractivity contribution is 0.184. The zero-order valence-electron chi connectivity index (χ0n) is 8.81. The van der Waals surface area contributed by atoms with E-state index < -0.39 is 19.1 Å². The van der Waals surface area contributed by atoms with Gasteiger partial charge in [0.05, 0.1) is 0 Å². The highest BCUT2D eigenvalue weighted by Crippen LogP contribution is 2.42. The number of aliphatic hydroxyl groups is 1. The van der Waals surface area contributed by atoms with Gasteiger partial charge in [-0.05, 0) is 34.0 Å². The van der Waals surface area contributed by atoms with E-state index >= 15 is 0 Å². The van der Waals surface area contributed by atoms with E-state index in [1.165, 1.54) is 0 Å². The van der Waals surface area contributed by atoms with Crippen LogP contribution in [0.5, 0.6) is 0 Å². The van der Waals surface area contributed by atoms with Crippen molar-refractivity contribution in [2.75, 3.05) is 6.26 Å². The molecule has 90 valence electrons. The van der Waals surface area contributed by atoms with Gasteiger partial charge in [-0.15, -0.1) is 0 Å². The molecule has 1 aromatic carbocycles. The summed E-state index contributed by atoms with van der Waals surface area (Å²) >= 11 is 8.71. The number of alkyl halides is 2. The summed E-state index contributed by atoms with van der Waals surface area (Å²) in [5.74, 6) is 0. The molecule has 1 N–H and O–H groups in total. The number of sulfone groups is 1. The van der Waals surface area contributed by atoms with Crippen LogP contribution in [0.4, 0.5) is 0 Å². The Kier molecular flexibility index (Phi) is 4.05. The molecule has 2 atom stereocenters. The van der Waals surface area contributed by atoms with Crippen molar-refractivity contribution >= 4 is 37.4 Å². The van der Waals surface area contributed by atoms with E-state index in [0.717, 1.165) is 11.8 Å². The lowest BCUT2D eigenvalue weighted by Gasteiger charge is -2.25. The van der Waals surface area contributed by atoms with Crippen LogP contribution in [0.15, 0.2) is 24.3 Å². The molecular weight excluding hydrogens is 316 g/mol. The highest BCUT2D eigenvalue weighted by atomic mass is 79.9. The Balaban J connectivity index is 3.23. The first kappa shape index (κ1) is 14.0. The van der Waals surface area contributed by atoms with E-state index in [9.17, 15) is 13.5 Å². The maximum absolute atomic E-state index is 11.4. The fraction of sp³-hybridized carbons (Fsp3) is 0.400. The van der Waals surface area contributed by atoms with Crippen molar-refractivity contribution in [2.45, 2.75) is 16.1 Å². The standard InChI is InChI=1S/C10H12BrClO3S/c1-7-5-3-4-6-8(7)9(13)10(11,12)16(2,14)15/h3-6,9,13H,1-2H3. The smallest absolute Gasteiger partial charge is 0.228 e. The van der Waals surface area contributed by atoms with Crippen LogP contribution in [0.1, 0.15) is 17.2 Å². The molecule has 0 fully saturated rings. The molecule has 0 aliphatic carbocycles. The summed E-state index contributed by atoms with van der Waals surface area (Å²) < 4.78 is 21.0. The highest BCUT2D eigenvalue weighted by Gasteiger charge is 2.44. The number of rotatable bonds is 3. The van der Waals surface area contributed by atoms with Gasteiger partial charge in [-0.1, -0.05) is 35.9 Å². The van der Waals surface area contributed by atoms with Gasteiger partial charge in [-0.2, -0.15) is 0 Å². The monoisotopic (exact) mass is 326 g/mol. The second kappa shape index (κ2) is 4.64. The number of benzene rings is 1. The second-order valence-electron chi connectivity index (χ2n) is 3.59. The molecule has 6 heteroatoms. The zero-order valence-corrected chi connectivity index (χ0v) is 12.0. The van der Waals surface area contributed by atoms with Gasteiger partial charge in [0.1, 0.15) is 6.10 Å². The van der Waals surface area contributed by atoms with Crippen molar-refractivity contribution in [2.24, 2.45) is 0 Å². The van der Waals surface area contributed by atoms with Crippen molar-refractivity contribution in [3.05, 3.63) is 35.4 Å². The Morgan fingerprint density at radius 1 is 1.44 bits per heavy atom. The first-order valence-corrected chi connectivity index (χ1v) is 7.55. The fourth-order valence-corrected chi connectivity index (χ4v) is 2.17. The van der Waals surface area contributed by atoms with Gasteiger partial charge in [0.25, 0.3) is 0 Å². The largest absolute Gasteiger partial charge is 0.385 e. The molecule has 0 saturated heterocycles. The van der Waals surface area contributed by atoms with E-state index in [-0.39, 0.29) is 0 Å². The summed E-state index contributed by atoms with van der Waals surface area (Å²) in [7, 11) is -3.63. The summed E-state index contributed by atoms with van der Waals surface area (Å²) in [6, 6.07) is 6.94. The Morgan fingerprint density at radius 2 is 1.94 bits per heavy atom. The average molecular weight is 328 g/mol. The van der Waals surface area contributed by atoms with Crippen molar-refractivity contribution in [1.29, 1.82) is 0 Å². The normalized spacial score (nSPS) is 17.8. The first-order chi connectivity index (χ1) is 7.18. The Hall–Kier alpha value is -0.100. The van der Waals surface area contributed by atoms with E-state index in [1.54, 1.807) is 31.2 Å². The van der Waals surface area contributed by atoms with E-state index in [0.29, 0.717) is 5.56 Å². The van der Waals surface area contributed by atoms with Crippen LogP contribution in [-0.2, 0) is 9.84 Å². The fourth-order valence-electron chi connectivity index (χ4n) is 1.28. The lowest BCUT2D eigenvalue weighted by atomic mass is 10.0. The lowest BCUT2D eigenvalue weighted by Crippen LogP contribution is -2.32. The van der Waals surface area contributed by atoms with E-state index in [2.05, 4.69) is 15.9 Å². The summed E-state index contributed by atoms with van der Waals surface area (Å²) in [5, 5.41) is 10.0. The Labute approximate surface area is 108 Å². The number of aliphatic hydroxyl groups excluding tert-OH is 1. The van der Waals surface area contributed by atoms with Crippen LogP contribution in [0.25, 0.3) is 0 Å². The van der Waals surface area contributed by atoms with Gasteiger partial charge in [0.15, 0.2) is 9.84 Å². The quantitative estimate of drug-likeness (QED) is 0.867. The van der Waals surface area contributed by atoms with Gasteiger partial charge in [0.2, 0.25) is 3.12 Å². The summed E-state index contributed by atoms with van der Waals surface area (Å²) in [6.45, 7) is 1.78. The molecule has 0 spiro atoms. The topological polar surface area (TPSA) is 54.4 Å². The van der Waals surface area contributed by atoms with E-state index in [4.69, 9.17) is 11.6 Å². The highest BCUT2D eigenvalue weighted by molar-refractivity contribution is 9.12. The molecule has 0 saturated carbocycles. The third-order valence-electron chi connectivity index (χ3n) is 2.30. The van der Waals surface area contributed by atoms with Crippen molar-refractivity contribution in [3.8, 4) is 0 Å². The predicted octanol–water partition coefficient (Wildman–Crippen LogP) is 2.36. The number of aryl methyl sites for hydroxylation is 1. The SMILES string of the molecule is Cc1ccccc1C(O)C(Cl)(Br)S(C)(=O)=O. The Bertz CT molecular complexity index is 485. The first-order valence-electron chi connectivity index (χ1n) is 4.49. The number of hydrogen-bond acceptors (Lipinski definition) is 3. The molecule has 1 aromatic rings. The van der Waals surface area contributed by atoms with Gasteiger partial charge in [0, 0.05) is 6.26 Å². The molecule has 0 aliphatic rings.